The van der Waals surface area contributed by atoms with Crippen molar-refractivity contribution in [2.24, 2.45) is 11.8 Å². The van der Waals surface area contributed by atoms with Gasteiger partial charge in [0.2, 0.25) is 0 Å². The first-order valence-electron chi connectivity index (χ1n) is 5.80. The van der Waals surface area contributed by atoms with Gasteiger partial charge in [-0.1, -0.05) is 23.8 Å². The van der Waals surface area contributed by atoms with Crippen LogP contribution in [0.5, 0.6) is 0 Å². The minimum Gasteiger partial charge on any atom is -0.466 e. The number of carbonyl (C=O) groups excluding carboxylic acids is 2. The van der Waals surface area contributed by atoms with E-state index in [1.807, 2.05) is 13.0 Å². The topological polar surface area (TPSA) is 52.6 Å². The Labute approximate surface area is 101 Å². The van der Waals surface area contributed by atoms with Gasteiger partial charge in [0, 0.05) is 0 Å². The molecule has 0 aliphatic heterocycles. The van der Waals surface area contributed by atoms with Crippen molar-refractivity contribution < 1.29 is 19.1 Å². The summed E-state index contributed by atoms with van der Waals surface area (Å²) in [6.45, 7) is 5.98. The highest BCUT2D eigenvalue weighted by Gasteiger charge is 2.34. The van der Waals surface area contributed by atoms with E-state index in [9.17, 15) is 9.59 Å². The van der Waals surface area contributed by atoms with Gasteiger partial charge in [-0.05, 0) is 20.8 Å². The molecular formula is C13H18O4. The summed E-state index contributed by atoms with van der Waals surface area (Å²) < 4.78 is 9.91. The fourth-order valence-electron chi connectivity index (χ4n) is 1.73. The van der Waals surface area contributed by atoms with Crippen LogP contribution < -0.4 is 0 Å². The summed E-state index contributed by atoms with van der Waals surface area (Å²) in [7, 11) is 0. The molecule has 0 radical (unpaired) electrons. The van der Waals surface area contributed by atoms with E-state index >= 15 is 0 Å². The van der Waals surface area contributed by atoms with Crippen LogP contribution in [-0.4, -0.2) is 25.2 Å². The molecule has 0 spiro atoms. The Balaban J connectivity index is 2.84. The third kappa shape index (κ3) is 3.44. The van der Waals surface area contributed by atoms with Crippen molar-refractivity contribution >= 4 is 11.9 Å². The number of allylic oxidation sites excluding steroid dienone is 2. The van der Waals surface area contributed by atoms with Crippen LogP contribution in [0, 0.1) is 11.8 Å². The maximum absolute atomic E-state index is 11.8. The summed E-state index contributed by atoms with van der Waals surface area (Å²) in [6.07, 6.45) is 5.27. The van der Waals surface area contributed by atoms with Crippen LogP contribution in [0.1, 0.15) is 20.8 Å². The van der Waals surface area contributed by atoms with Gasteiger partial charge in [-0.2, -0.15) is 0 Å². The van der Waals surface area contributed by atoms with Crippen molar-refractivity contribution in [2.75, 3.05) is 13.2 Å². The lowest BCUT2D eigenvalue weighted by molar-refractivity contribution is -0.156. The molecular weight excluding hydrogens is 220 g/mol. The lowest BCUT2D eigenvalue weighted by atomic mass is 9.86. The quantitative estimate of drug-likeness (QED) is 0.701. The first-order chi connectivity index (χ1) is 8.10. The number of ether oxygens (including phenoxy) is 2. The number of hydrogen-bond acceptors (Lipinski definition) is 4. The Morgan fingerprint density at radius 3 is 2.18 bits per heavy atom. The second-order valence-electron chi connectivity index (χ2n) is 3.83. The molecule has 0 amide bonds. The van der Waals surface area contributed by atoms with Crippen LogP contribution in [0.15, 0.2) is 23.8 Å². The number of rotatable bonds is 4. The molecule has 94 valence electrons. The van der Waals surface area contributed by atoms with Crippen LogP contribution in [0.3, 0.4) is 0 Å². The van der Waals surface area contributed by atoms with E-state index < -0.39 is 11.8 Å². The molecule has 0 aromatic heterocycles. The SMILES string of the molecule is CCOC(=O)[C@@H]1C=CC(C)=C[C@H]1C(=O)OCC. The molecule has 0 N–H and O–H groups in total. The molecule has 0 heterocycles. The van der Waals surface area contributed by atoms with Crippen molar-refractivity contribution in [3.8, 4) is 0 Å². The summed E-state index contributed by atoms with van der Waals surface area (Å²) in [5.41, 5.74) is 0.948. The first kappa shape index (κ1) is 13.5. The average molecular weight is 238 g/mol. The summed E-state index contributed by atoms with van der Waals surface area (Å²) in [4.78, 5) is 23.5. The van der Waals surface area contributed by atoms with Gasteiger partial charge < -0.3 is 9.47 Å². The highest BCUT2D eigenvalue weighted by Crippen LogP contribution is 2.25. The smallest absolute Gasteiger partial charge is 0.314 e. The Bertz CT molecular complexity index is 354. The Hall–Kier alpha value is -1.58. The van der Waals surface area contributed by atoms with Gasteiger partial charge in [0.15, 0.2) is 0 Å². The minimum atomic E-state index is -0.572. The normalized spacial score (nSPS) is 22.9. The molecule has 17 heavy (non-hydrogen) atoms. The fourth-order valence-corrected chi connectivity index (χ4v) is 1.73. The van der Waals surface area contributed by atoms with E-state index in [0.29, 0.717) is 13.2 Å². The Kier molecular flexibility index (Phi) is 4.94. The van der Waals surface area contributed by atoms with Gasteiger partial charge in [0.25, 0.3) is 0 Å². The maximum Gasteiger partial charge on any atom is 0.314 e. The second kappa shape index (κ2) is 6.23. The number of carbonyl (C=O) groups is 2. The molecule has 1 aliphatic carbocycles. The van der Waals surface area contributed by atoms with Crippen molar-refractivity contribution in [1.82, 2.24) is 0 Å². The molecule has 0 unspecified atom stereocenters. The van der Waals surface area contributed by atoms with Crippen LogP contribution in [0.2, 0.25) is 0 Å². The van der Waals surface area contributed by atoms with Gasteiger partial charge in [-0.15, -0.1) is 0 Å². The highest BCUT2D eigenvalue weighted by atomic mass is 16.5. The van der Waals surface area contributed by atoms with Crippen molar-refractivity contribution in [3.63, 3.8) is 0 Å². The zero-order chi connectivity index (χ0) is 12.8. The predicted molar refractivity (Wildman–Crippen MR) is 63.1 cm³/mol. The molecule has 0 saturated heterocycles. The van der Waals surface area contributed by atoms with Gasteiger partial charge >= 0.3 is 11.9 Å². The lowest BCUT2D eigenvalue weighted by Gasteiger charge is -2.22. The van der Waals surface area contributed by atoms with Gasteiger partial charge in [-0.3, -0.25) is 9.59 Å². The predicted octanol–water partition coefficient (Wildman–Crippen LogP) is 1.86. The van der Waals surface area contributed by atoms with E-state index in [1.165, 1.54) is 0 Å². The lowest BCUT2D eigenvalue weighted by Crippen LogP contribution is -2.31. The Morgan fingerprint density at radius 1 is 1.12 bits per heavy atom. The molecule has 0 aromatic carbocycles. The zero-order valence-electron chi connectivity index (χ0n) is 10.4. The second-order valence-corrected chi connectivity index (χ2v) is 3.83. The van der Waals surface area contributed by atoms with Crippen LogP contribution in [0.4, 0.5) is 0 Å². The van der Waals surface area contributed by atoms with Gasteiger partial charge in [-0.25, -0.2) is 0 Å². The largest absolute Gasteiger partial charge is 0.466 e. The van der Waals surface area contributed by atoms with Crippen molar-refractivity contribution in [2.45, 2.75) is 20.8 Å². The van der Waals surface area contributed by atoms with Gasteiger partial charge in [0.1, 0.15) is 0 Å². The van der Waals surface area contributed by atoms with E-state index in [4.69, 9.17) is 9.47 Å². The van der Waals surface area contributed by atoms with Crippen LogP contribution in [0.25, 0.3) is 0 Å². The van der Waals surface area contributed by atoms with E-state index in [0.717, 1.165) is 5.57 Å². The standard InChI is InChI=1S/C13H18O4/c1-4-16-12(14)10-7-6-9(3)8-11(10)13(15)17-5-2/h6-8,10-11H,4-5H2,1-3H3/t10-,11-/m1/s1. The summed E-state index contributed by atoms with van der Waals surface area (Å²) in [5.74, 6) is -1.91. The van der Waals surface area contributed by atoms with E-state index in [-0.39, 0.29) is 11.9 Å². The number of hydrogen-bond donors (Lipinski definition) is 0. The number of esters is 2. The maximum atomic E-state index is 11.8. The van der Waals surface area contributed by atoms with Crippen molar-refractivity contribution in [3.05, 3.63) is 23.8 Å². The van der Waals surface area contributed by atoms with Crippen LogP contribution in [-0.2, 0) is 19.1 Å². The van der Waals surface area contributed by atoms with E-state index in [1.54, 1.807) is 26.0 Å². The summed E-state index contributed by atoms with van der Waals surface area (Å²) in [6, 6.07) is 0. The molecule has 2 atom stereocenters. The summed E-state index contributed by atoms with van der Waals surface area (Å²) >= 11 is 0. The average Bonchev–Trinajstić information content (AvgIpc) is 2.29. The molecule has 0 aromatic rings. The highest BCUT2D eigenvalue weighted by molar-refractivity contribution is 5.85. The minimum absolute atomic E-state index is 0.307. The zero-order valence-corrected chi connectivity index (χ0v) is 10.4. The third-order valence-electron chi connectivity index (χ3n) is 2.51. The fraction of sp³-hybridized carbons (Fsp3) is 0.538. The monoisotopic (exact) mass is 238 g/mol. The molecule has 0 bridgehead atoms. The van der Waals surface area contributed by atoms with Gasteiger partial charge in [0.05, 0.1) is 25.0 Å². The molecule has 4 heteroatoms. The molecule has 1 rings (SSSR count). The van der Waals surface area contributed by atoms with E-state index in [2.05, 4.69) is 0 Å². The first-order valence-corrected chi connectivity index (χ1v) is 5.80. The molecule has 0 fully saturated rings. The molecule has 1 aliphatic rings. The molecule has 4 nitrogen and oxygen atoms in total. The van der Waals surface area contributed by atoms with Crippen LogP contribution >= 0.6 is 0 Å². The summed E-state index contributed by atoms with van der Waals surface area (Å²) in [5, 5.41) is 0. The Morgan fingerprint density at radius 2 is 1.65 bits per heavy atom. The third-order valence-corrected chi connectivity index (χ3v) is 2.51. The molecule has 0 saturated carbocycles. The van der Waals surface area contributed by atoms with Crippen molar-refractivity contribution in [1.29, 1.82) is 0 Å².